The maximum atomic E-state index is 12.4. The van der Waals surface area contributed by atoms with Gasteiger partial charge >= 0.3 is 0 Å². The van der Waals surface area contributed by atoms with Crippen LogP contribution >= 0.6 is 0 Å². The summed E-state index contributed by atoms with van der Waals surface area (Å²) in [6, 6.07) is 7.40. The molecule has 1 aliphatic heterocycles. The van der Waals surface area contributed by atoms with E-state index in [0.29, 0.717) is 23.6 Å². The molecule has 0 radical (unpaired) electrons. The lowest BCUT2D eigenvalue weighted by molar-refractivity contribution is -0.119. The fraction of sp³-hybridized carbons (Fsp3) is 0.312. The van der Waals surface area contributed by atoms with E-state index in [4.69, 9.17) is 0 Å². The van der Waals surface area contributed by atoms with E-state index in [1.54, 1.807) is 17.8 Å². The maximum Gasteiger partial charge on any atom is 0.257 e. The van der Waals surface area contributed by atoms with Gasteiger partial charge in [0.15, 0.2) is 5.82 Å². The lowest BCUT2D eigenvalue weighted by Crippen LogP contribution is -2.28. The van der Waals surface area contributed by atoms with E-state index in [1.807, 2.05) is 32.0 Å². The molecule has 2 aromatic rings. The highest BCUT2D eigenvalue weighted by Gasteiger charge is 2.29. The Morgan fingerprint density at radius 3 is 2.86 bits per heavy atom. The van der Waals surface area contributed by atoms with Crippen molar-refractivity contribution in [3.63, 3.8) is 0 Å². The van der Waals surface area contributed by atoms with Gasteiger partial charge < -0.3 is 10.6 Å². The number of amides is 2. The van der Waals surface area contributed by atoms with E-state index >= 15 is 0 Å². The highest BCUT2D eigenvalue weighted by Crippen LogP contribution is 2.31. The number of nitrogens with one attached hydrogen (secondary N) is 2. The first-order chi connectivity index (χ1) is 10.5. The van der Waals surface area contributed by atoms with E-state index in [0.717, 1.165) is 11.1 Å². The predicted octanol–water partition coefficient (Wildman–Crippen LogP) is 2.11. The summed E-state index contributed by atoms with van der Waals surface area (Å²) < 4.78 is 1.59. The molecule has 6 heteroatoms. The van der Waals surface area contributed by atoms with Gasteiger partial charge in [0.25, 0.3) is 5.91 Å². The second kappa shape index (κ2) is 5.29. The average Bonchev–Trinajstić information content (AvgIpc) is 2.76. The zero-order valence-corrected chi connectivity index (χ0v) is 12.8. The van der Waals surface area contributed by atoms with Gasteiger partial charge in [-0.1, -0.05) is 25.1 Å². The summed E-state index contributed by atoms with van der Waals surface area (Å²) in [5.74, 6) is 0.822. The van der Waals surface area contributed by atoms with E-state index in [-0.39, 0.29) is 17.7 Å². The van der Waals surface area contributed by atoms with Crippen LogP contribution < -0.4 is 10.6 Å². The van der Waals surface area contributed by atoms with Crippen molar-refractivity contribution in [3.8, 4) is 0 Å². The summed E-state index contributed by atoms with van der Waals surface area (Å²) in [4.78, 5) is 24.2. The van der Waals surface area contributed by atoms with Gasteiger partial charge in [0.2, 0.25) is 5.91 Å². The molecule has 0 saturated carbocycles. The normalized spacial score (nSPS) is 16.9. The smallest absolute Gasteiger partial charge is 0.257 e. The van der Waals surface area contributed by atoms with Gasteiger partial charge in [-0.15, -0.1) is 0 Å². The minimum Gasteiger partial charge on any atom is -0.310 e. The minimum atomic E-state index is -0.191. The predicted molar refractivity (Wildman–Crippen MR) is 83.8 cm³/mol. The Labute approximate surface area is 128 Å². The molecule has 6 nitrogen and oxygen atoms in total. The number of nitrogens with zero attached hydrogens (tertiary/aromatic N) is 2. The van der Waals surface area contributed by atoms with Crippen LogP contribution in [0.4, 0.5) is 11.6 Å². The van der Waals surface area contributed by atoms with Crippen LogP contribution in [0.5, 0.6) is 0 Å². The van der Waals surface area contributed by atoms with E-state index in [2.05, 4.69) is 15.7 Å². The Kier molecular flexibility index (Phi) is 3.44. The Hall–Kier alpha value is -2.63. The first-order valence-electron chi connectivity index (χ1n) is 7.21. The van der Waals surface area contributed by atoms with Crippen LogP contribution in [0.3, 0.4) is 0 Å². The molecular weight excluding hydrogens is 280 g/mol. The number of hydrogen-bond acceptors (Lipinski definition) is 3. The first-order valence-corrected chi connectivity index (χ1v) is 7.21. The minimum absolute atomic E-state index is 0.0210. The molecule has 2 heterocycles. The number of aryl methyl sites for hydroxylation is 2. The molecule has 114 valence electrons. The summed E-state index contributed by atoms with van der Waals surface area (Å²) in [6.07, 6.45) is 0.568. The van der Waals surface area contributed by atoms with Gasteiger partial charge in [-0.3, -0.25) is 14.3 Å². The van der Waals surface area contributed by atoms with Crippen LogP contribution in [0.1, 0.15) is 28.4 Å². The summed E-state index contributed by atoms with van der Waals surface area (Å²) >= 11 is 0. The largest absolute Gasteiger partial charge is 0.310 e. The van der Waals surface area contributed by atoms with Crippen molar-refractivity contribution >= 4 is 23.5 Å². The molecule has 0 aliphatic carbocycles. The van der Waals surface area contributed by atoms with Crippen molar-refractivity contribution < 1.29 is 9.59 Å². The molecule has 3 rings (SSSR count). The Morgan fingerprint density at radius 1 is 1.41 bits per heavy atom. The number of fused-ring (bicyclic) bond motifs is 1. The van der Waals surface area contributed by atoms with Crippen molar-refractivity contribution in [3.05, 3.63) is 41.0 Å². The van der Waals surface area contributed by atoms with Crippen molar-refractivity contribution in [1.82, 2.24) is 9.78 Å². The van der Waals surface area contributed by atoms with Crippen molar-refractivity contribution in [2.75, 3.05) is 10.6 Å². The Morgan fingerprint density at radius 2 is 2.14 bits per heavy atom. The molecule has 0 spiro atoms. The number of hydrogen-bond donors (Lipinski definition) is 2. The lowest BCUT2D eigenvalue weighted by atomic mass is 9.98. The van der Waals surface area contributed by atoms with Gasteiger partial charge in [-0.25, -0.2) is 0 Å². The molecule has 0 bridgehead atoms. The van der Waals surface area contributed by atoms with Crippen LogP contribution in [0.15, 0.2) is 24.3 Å². The zero-order valence-electron chi connectivity index (χ0n) is 12.8. The molecule has 1 aliphatic rings. The van der Waals surface area contributed by atoms with Crippen LogP contribution in [0.2, 0.25) is 0 Å². The molecule has 1 aromatic carbocycles. The number of benzene rings is 1. The molecule has 1 aromatic heterocycles. The number of aromatic nitrogens is 2. The number of rotatable bonds is 2. The summed E-state index contributed by atoms with van der Waals surface area (Å²) in [7, 11) is 1.75. The molecular formula is C16H18N4O2. The van der Waals surface area contributed by atoms with E-state index < -0.39 is 0 Å². The van der Waals surface area contributed by atoms with Crippen LogP contribution in [0.25, 0.3) is 0 Å². The van der Waals surface area contributed by atoms with Crippen LogP contribution in [-0.4, -0.2) is 21.6 Å². The SMILES string of the molecule is Cc1ccccc1C(=O)Nc1nn(C)c2c1CC(C)C(=O)N2. The second-order valence-electron chi connectivity index (χ2n) is 5.66. The Bertz CT molecular complexity index is 764. The zero-order chi connectivity index (χ0) is 15.9. The van der Waals surface area contributed by atoms with E-state index in [1.165, 1.54) is 0 Å². The van der Waals surface area contributed by atoms with Crippen molar-refractivity contribution in [1.29, 1.82) is 0 Å². The first kappa shape index (κ1) is 14.3. The van der Waals surface area contributed by atoms with Gasteiger partial charge in [0.1, 0.15) is 5.82 Å². The Balaban J connectivity index is 1.91. The number of anilines is 2. The summed E-state index contributed by atoms with van der Waals surface area (Å²) in [5.41, 5.74) is 2.40. The topological polar surface area (TPSA) is 76.0 Å². The molecule has 1 atom stereocenters. The quantitative estimate of drug-likeness (QED) is 0.891. The summed E-state index contributed by atoms with van der Waals surface area (Å²) in [5, 5.41) is 10.0. The van der Waals surface area contributed by atoms with Crippen LogP contribution in [-0.2, 0) is 18.3 Å². The van der Waals surface area contributed by atoms with Gasteiger partial charge in [-0.2, -0.15) is 5.10 Å². The number of carbonyl (C=O) groups excluding carboxylic acids is 2. The highest BCUT2D eigenvalue weighted by molar-refractivity contribution is 6.06. The number of carbonyl (C=O) groups is 2. The van der Waals surface area contributed by atoms with Crippen LogP contribution in [0, 0.1) is 12.8 Å². The van der Waals surface area contributed by atoms with Gasteiger partial charge in [-0.05, 0) is 25.0 Å². The molecule has 2 N–H and O–H groups in total. The average molecular weight is 298 g/mol. The maximum absolute atomic E-state index is 12.4. The molecule has 22 heavy (non-hydrogen) atoms. The fourth-order valence-corrected chi connectivity index (χ4v) is 2.66. The highest BCUT2D eigenvalue weighted by atomic mass is 16.2. The fourth-order valence-electron chi connectivity index (χ4n) is 2.66. The third-order valence-electron chi connectivity index (χ3n) is 3.97. The molecule has 0 fully saturated rings. The third-order valence-corrected chi connectivity index (χ3v) is 3.97. The molecule has 2 amide bonds. The third kappa shape index (κ3) is 2.36. The molecule has 1 unspecified atom stereocenters. The monoisotopic (exact) mass is 298 g/mol. The standard InChI is InChI=1S/C16H18N4O2/c1-9-6-4-5-7-11(9)16(22)17-13-12-8-10(2)15(21)18-14(12)20(3)19-13/h4-7,10H,8H2,1-3H3,(H,18,21)(H,17,19,22). The lowest BCUT2D eigenvalue weighted by Gasteiger charge is -2.19. The van der Waals surface area contributed by atoms with Gasteiger partial charge in [0, 0.05) is 24.1 Å². The molecule has 0 saturated heterocycles. The van der Waals surface area contributed by atoms with Gasteiger partial charge in [0.05, 0.1) is 0 Å². The van der Waals surface area contributed by atoms with Crippen molar-refractivity contribution in [2.24, 2.45) is 13.0 Å². The van der Waals surface area contributed by atoms with E-state index in [9.17, 15) is 9.59 Å². The summed E-state index contributed by atoms with van der Waals surface area (Å²) in [6.45, 7) is 3.75. The van der Waals surface area contributed by atoms with Crippen molar-refractivity contribution in [2.45, 2.75) is 20.3 Å². The second-order valence-corrected chi connectivity index (χ2v) is 5.66.